The van der Waals surface area contributed by atoms with Crippen LogP contribution in [0.25, 0.3) is 0 Å². The van der Waals surface area contributed by atoms with Gasteiger partial charge in [-0.15, -0.1) is 0 Å². The molecule has 1 aromatic rings. The highest BCUT2D eigenvalue weighted by Crippen LogP contribution is 2.24. The molecule has 0 amide bonds. The van der Waals surface area contributed by atoms with Gasteiger partial charge in [-0.05, 0) is 25.4 Å². The van der Waals surface area contributed by atoms with E-state index in [1.165, 1.54) is 0 Å². The molecule has 3 nitrogen and oxygen atoms in total. The summed E-state index contributed by atoms with van der Waals surface area (Å²) >= 11 is 5.54. The van der Waals surface area contributed by atoms with E-state index in [2.05, 4.69) is 9.68 Å². The third kappa shape index (κ3) is 1.73. The number of ether oxygens (including phenoxy) is 1. The minimum atomic E-state index is -0.434. The van der Waals surface area contributed by atoms with Gasteiger partial charge in [-0.25, -0.2) is 0 Å². The average Bonchev–Trinajstić information content (AvgIpc) is 2.36. The molecule has 0 atom stereocenters. The van der Waals surface area contributed by atoms with E-state index >= 15 is 0 Å². The van der Waals surface area contributed by atoms with Crippen molar-refractivity contribution in [3.8, 4) is 0 Å². The monoisotopic (exact) mass is 175 g/mol. The van der Waals surface area contributed by atoms with Gasteiger partial charge in [-0.3, -0.25) is 0 Å². The number of hydrogen-bond donors (Lipinski definition) is 0. The minimum Gasteiger partial charge on any atom is -0.372 e. The van der Waals surface area contributed by atoms with Crippen LogP contribution in [0.15, 0.2) is 10.6 Å². The first-order chi connectivity index (χ1) is 5.06. The third-order valence-corrected chi connectivity index (χ3v) is 1.79. The molecule has 0 saturated heterocycles. The molecule has 0 aliphatic rings. The maximum atomic E-state index is 5.54. The van der Waals surface area contributed by atoms with Crippen molar-refractivity contribution in [1.82, 2.24) is 5.16 Å². The SMILES string of the molecule is COC(C)(C)c1cc(Cl)on1. The van der Waals surface area contributed by atoms with Crippen LogP contribution in [0, 0.1) is 0 Å². The van der Waals surface area contributed by atoms with E-state index in [0.717, 1.165) is 0 Å². The maximum absolute atomic E-state index is 5.54. The first-order valence-corrected chi connectivity index (χ1v) is 3.62. The summed E-state index contributed by atoms with van der Waals surface area (Å²) in [5, 5.41) is 4.01. The molecule has 1 aromatic heterocycles. The Morgan fingerprint density at radius 1 is 1.64 bits per heavy atom. The lowest BCUT2D eigenvalue weighted by Gasteiger charge is -2.18. The molecule has 0 unspecified atom stereocenters. The highest BCUT2D eigenvalue weighted by molar-refractivity contribution is 6.28. The second-order valence-electron chi connectivity index (χ2n) is 2.73. The molecule has 1 rings (SSSR count). The summed E-state index contributed by atoms with van der Waals surface area (Å²) in [6.07, 6.45) is 0. The van der Waals surface area contributed by atoms with Crippen LogP contribution in [0.1, 0.15) is 19.5 Å². The van der Waals surface area contributed by atoms with Gasteiger partial charge in [0.05, 0.1) is 0 Å². The Balaban J connectivity index is 2.92. The van der Waals surface area contributed by atoms with Crippen molar-refractivity contribution >= 4 is 11.6 Å². The summed E-state index contributed by atoms with van der Waals surface area (Å²) < 4.78 is 9.84. The predicted octanol–water partition coefficient (Wildman–Crippen LogP) is 2.21. The van der Waals surface area contributed by atoms with E-state index in [4.69, 9.17) is 16.3 Å². The van der Waals surface area contributed by atoms with Gasteiger partial charge < -0.3 is 9.26 Å². The van der Waals surface area contributed by atoms with Crippen molar-refractivity contribution in [3.05, 3.63) is 17.0 Å². The lowest BCUT2D eigenvalue weighted by Crippen LogP contribution is -2.19. The van der Waals surface area contributed by atoms with Crippen molar-refractivity contribution in [3.63, 3.8) is 0 Å². The third-order valence-electron chi connectivity index (χ3n) is 1.61. The minimum absolute atomic E-state index is 0.283. The van der Waals surface area contributed by atoms with E-state index in [1.54, 1.807) is 13.2 Å². The van der Waals surface area contributed by atoms with E-state index in [1.807, 2.05) is 13.8 Å². The summed E-state index contributed by atoms with van der Waals surface area (Å²) in [5.41, 5.74) is 0.265. The molecule has 0 N–H and O–H groups in total. The van der Waals surface area contributed by atoms with E-state index in [0.29, 0.717) is 5.69 Å². The second kappa shape index (κ2) is 2.83. The number of nitrogens with zero attached hydrogens (tertiary/aromatic N) is 1. The first-order valence-electron chi connectivity index (χ1n) is 3.24. The summed E-state index contributed by atoms with van der Waals surface area (Å²) in [6, 6.07) is 1.64. The molecule has 11 heavy (non-hydrogen) atoms. The average molecular weight is 176 g/mol. The summed E-state index contributed by atoms with van der Waals surface area (Å²) in [7, 11) is 1.61. The van der Waals surface area contributed by atoms with Crippen LogP contribution in [0.5, 0.6) is 0 Å². The van der Waals surface area contributed by atoms with Crippen LogP contribution in [0.4, 0.5) is 0 Å². The largest absolute Gasteiger partial charge is 0.372 e. The smallest absolute Gasteiger partial charge is 0.226 e. The summed E-state index contributed by atoms with van der Waals surface area (Å²) in [6.45, 7) is 3.78. The van der Waals surface area contributed by atoms with E-state index in [-0.39, 0.29) is 5.22 Å². The molecule has 62 valence electrons. The first kappa shape index (κ1) is 8.56. The van der Waals surface area contributed by atoms with Gasteiger partial charge in [0, 0.05) is 13.2 Å². The van der Waals surface area contributed by atoms with Crippen LogP contribution in [-0.4, -0.2) is 12.3 Å². The van der Waals surface area contributed by atoms with Gasteiger partial charge in [0.2, 0.25) is 5.22 Å². The Hall–Kier alpha value is -0.540. The number of rotatable bonds is 2. The highest BCUT2D eigenvalue weighted by Gasteiger charge is 2.23. The van der Waals surface area contributed by atoms with E-state index < -0.39 is 5.60 Å². The zero-order valence-electron chi connectivity index (χ0n) is 6.72. The molecule has 0 spiro atoms. The summed E-state index contributed by atoms with van der Waals surface area (Å²) in [4.78, 5) is 0. The van der Waals surface area contributed by atoms with Gasteiger partial charge in [0.15, 0.2) is 0 Å². The molecule has 4 heteroatoms. The van der Waals surface area contributed by atoms with Crippen molar-refractivity contribution in [1.29, 1.82) is 0 Å². The fourth-order valence-electron chi connectivity index (χ4n) is 0.641. The molecule has 0 fully saturated rings. The Labute approximate surface area is 70.3 Å². The quantitative estimate of drug-likeness (QED) is 0.692. The van der Waals surface area contributed by atoms with Crippen LogP contribution >= 0.6 is 11.6 Å². The van der Waals surface area contributed by atoms with Gasteiger partial charge in [-0.2, -0.15) is 0 Å². The Bertz CT molecular complexity index is 244. The fourth-order valence-corrected chi connectivity index (χ4v) is 0.779. The van der Waals surface area contributed by atoms with Crippen LogP contribution in [0.3, 0.4) is 0 Å². The Morgan fingerprint density at radius 3 is 2.64 bits per heavy atom. The molecule has 0 aliphatic heterocycles. The predicted molar refractivity (Wildman–Crippen MR) is 41.5 cm³/mol. The zero-order chi connectivity index (χ0) is 8.48. The van der Waals surface area contributed by atoms with Crippen molar-refractivity contribution < 1.29 is 9.26 Å². The molecule has 0 aromatic carbocycles. The van der Waals surface area contributed by atoms with E-state index in [9.17, 15) is 0 Å². The standard InChI is InChI=1S/C7H10ClNO2/c1-7(2,10-3)5-4-6(8)11-9-5/h4H,1-3H3. The molecule has 0 saturated carbocycles. The molecule has 1 heterocycles. The van der Waals surface area contributed by atoms with Crippen LogP contribution in [0.2, 0.25) is 5.22 Å². The highest BCUT2D eigenvalue weighted by atomic mass is 35.5. The van der Waals surface area contributed by atoms with Crippen molar-refractivity contribution in [2.24, 2.45) is 0 Å². The number of hydrogen-bond acceptors (Lipinski definition) is 3. The van der Waals surface area contributed by atoms with Crippen LogP contribution < -0.4 is 0 Å². The Morgan fingerprint density at radius 2 is 2.27 bits per heavy atom. The molecule has 0 aliphatic carbocycles. The zero-order valence-corrected chi connectivity index (χ0v) is 7.47. The number of aromatic nitrogens is 1. The molecule has 0 radical (unpaired) electrons. The fraction of sp³-hybridized carbons (Fsp3) is 0.571. The summed E-state index contributed by atoms with van der Waals surface area (Å²) in [5.74, 6) is 0. The number of methoxy groups -OCH3 is 1. The van der Waals surface area contributed by atoms with Gasteiger partial charge in [0.25, 0.3) is 0 Å². The van der Waals surface area contributed by atoms with Gasteiger partial charge in [0.1, 0.15) is 11.3 Å². The van der Waals surface area contributed by atoms with Crippen LogP contribution in [-0.2, 0) is 10.3 Å². The van der Waals surface area contributed by atoms with Crippen molar-refractivity contribution in [2.75, 3.05) is 7.11 Å². The van der Waals surface area contributed by atoms with Crippen molar-refractivity contribution in [2.45, 2.75) is 19.4 Å². The molecule has 0 bridgehead atoms. The van der Waals surface area contributed by atoms with Gasteiger partial charge >= 0.3 is 0 Å². The normalized spacial score (nSPS) is 12.0. The lowest BCUT2D eigenvalue weighted by molar-refractivity contribution is 0.0130. The molecular weight excluding hydrogens is 166 g/mol. The Kier molecular flexibility index (Phi) is 2.20. The number of halogens is 1. The lowest BCUT2D eigenvalue weighted by atomic mass is 10.1. The van der Waals surface area contributed by atoms with Gasteiger partial charge in [-0.1, -0.05) is 5.16 Å². The second-order valence-corrected chi connectivity index (χ2v) is 3.10. The topological polar surface area (TPSA) is 35.3 Å². The molecular formula is C7H10ClNO2. The maximum Gasteiger partial charge on any atom is 0.226 e.